The van der Waals surface area contributed by atoms with Crippen LogP contribution < -0.4 is 0 Å². The first-order chi connectivity index (χ1) is 12.3. The average Bonchev–Trinajstić information content (AvgIpc) is 2.87. The number of carbonyl (C=O) groups is 1. The van der Waals surface area contributed by atoms with E-state index in [0.29, 0.717) is 23.0 Å². The van der Waals surface area contributed by atoms with Crippen molar-refractivity contribution in [3.05, 3.63) is 0 Å². The van der Waals surface area contributed by atoms with E-state index in [-0.39, 0.29) is 5.41 Å². The van der Waals surface area contributed by atoms with E-state index in [4.69, 9.17) is 0 Å². The minimum atomic E-state index is -0.801. The van der Waals surface area contributed by atoms with Crippen molar-refractivity contribution in [3.8, 4) is 11.8 Å². The number of ketones is 1. The maximum Gasteiger partial charge on any atom is 0.133 e. The minimum absolute atomic E-state index is 0.0544. The topological polar surface area (TPSA) is 37.3 Å². The summed E-state index contributed by atoms with van der Waals surface area (Å²) in [6.07, 6.45) is 10.2. The molecule has 4 rings (SSSR count). The molecule has 4 aliphatic carbocycles. The summed E-state index contributed by atoms with van der Waals surface area (Å²) in [6.45, 7) is 4.81. The van der Waals surface area contributed by atoms with Gasteiger partial charge in [0.25, 0.3) is 0 Å². The molecule has 0 heterocycles. The van der Waals surface area contributed by atoms with Gasteiger partial charge in [-0.05, 0) is 74.0 Å². The Balaban J connectivity index is 1.60. The first-order valence-corrected chi connectivity index (χ1v) is 11.8. The molecule has 0 radical (unpaired) electrons. The molecule has 0 spiro atoms. The zero-order chi connectivity index (χ0) is 18.6. The van der Waals surface area contributed by atoms with Crippen LogP contribution in [0.3, 0.4) is 0 Å². The van der Waals surface area contributed by atoms with E-state index in [9.17, 15) is 9.90 Å². The van der Waals surface area contributed by atoms with Gasteiger partial charge in [-0.1, -0.05) is 41.6 Å². The van der Waals surface area contributed by atoms with Crippen LogP contribution in [0.4, 0.5) is 0 Å². The molecule has 2 nitrogen and oxygen atoms in total. The van der Waals surface area contributed by atoms with Gasteiger partial charge < -0.3 is 5.11 Å². The summed E-state index contributed by atoms with van der Waals surface area (Å²) >= 11 is 3.44. The fraction of sp³-hybridized carbons (Fsp3) is 0.870. The Morgan fingerprint density at radius 3 is 2.65 bits per heavy atom. The zero-order valence-corrected chi connectivity index (χ0v) is 17.9. The van der Waals surface area contributed by atoms with Crippen molar-refractivity contribution in [2.75, 3.05) is 5.33 Å². The molecule has 3 heteroatoms. The van der Waals surface area contributed by atoms with Gasteiger partial charge in [0.05, 0.1) is 0 Å². The maximum absolute atomic E-state index is 12.0. The number of rotatable bonds is 1. The molecule has 0 aromatic carbocycles. The largest absolute Gasteiger partial charge is 0.377 e. The summed E-state index contributed by atoms with van der Waals surface area (Å²) < 4.78 is 0. The Kier molecular flexibility index (Phi) is 4.84. The summed E-state index contributed by atoms with van der Waals surface area (Å²) in [4.78, 5) is 12.0. The van der Waals surface area contributed by atoms with Crippen LogP contribution in [0.2, 0.25) is 0 Å². The number of hydrogen-bond acceptors (Lipinski definition) is 2. The molecule has 0 bridgehead atoms. The molecule has 0 saturated heterocycles. The molecular formula is C23H33BrO2. The number of aliphatic hydroxyl groups is 1. The van der Waals surface area contributed by atoms with E-state index in [1.165, 1.54) is 19.3 Å². The number of fused-ring (bicyclic) bond motifs is 5. The molecule has 1 N–H and O–H groups in total. The highest BCUT2D eigenvalue weighted by atomic mass is 79.9. The molecule has 4 fully saturated rings. The van der Waals surface area contributed by atoms with Crippen LogP contribution in [0.1, 0.15) is 78.1 Å². The molecule has 0 aromatic heterocycles. The van der Waals surface area contributed by atoms with Gasteiger partial charge in [-0.3, -0.25) is 4.79 Å². The van der Waals surface area contributed by atoms with Gasteiger partial charge in [0.2, 0.25) is 0 Å². The third-order valence-electron chi connectivity index (χ3n) is 9.15. The van der Waals surface area contributed by atoms with Crippen LogP contribution in [-0.2, 0) is 4.79 Å². The van der Waals surface area contributed by atoms with Gasteiger partial charge in [0, 0.05) is 30.0 Å². The third kappa shape index (κ3) is 2.66. The predicted octanol–water partition coefficient (Wildman–Crippen LogP) is 5.12. The van der Waals surface area contributed by atoms with Crippen molar-refractivity contribution in [1.82, 2.24) is 0 Å². The first-order valence-electron chi connectivity index (χ1n) is 10.6. The first kappa shape index (κ1) is 19.0. The standard InChI is InChI=1S/C23H33BrO2/c1-21-11-7-17(25)15-16(21)5-6-18-19(21)8-12-22(2)20(18)9-13-23(22,26)10-3-4-14-24/h16,18-20,26H,4-9,11-15H2,1-2H3/t16-,18+,19-,20-,21-,22-,23-/m0/s1. The molecule has 0 amide bonds. The van der Waals surface area contributed by atoms with Crippen molar-refractivity contribution in [1.29, 1.82) is 0 Å². The van der Waals surface area contributed by atoms with Crippen LogP contribution >= 0.6 is 15.9 Å². The molecule has 26 heavy (non-hydrogen) atoms. The average molecular weight is 421 g/mol. The van der Waals surface area contributed by atoms with E-state index < -0.39 is 5.60 Å². The van der Waals surface area contributed by atoms with Gasteiger partial charge in [0.15, 0.2) is 0 Å². The van der Waals surface area contributed by atoms with Crippen LogP contribution in [0.5, 0.6) is 0 Å². The zero-order valence-electron chi connectivity index (χ0n) is 16.3. The van der Waals surface area contributed by atoms with Crippen LogP contribution in [-0.4, -0.2) is 21.8 Å². The molecule has 0 aromatic rings. The second-order valence-electron chi connectivity index (χ2n) is 10.00. The second kappa shape index (κ2) is 6.63. The summed E-state index contributed by atoms with van der Waals surface area (Å²) in [5, 5.41) is 12.3. The quantitative estimate of drug-likeness (QED) is 0.472. The Morgan fingerprint density at radius 2 is 1.88 bits per heavy atom. The maximum atomic E-state index is 12.0. The van der Waals surface area contributed by atoms with E-state index in [1.54, 1.807) is 0 Å². The Morgan fingerprint density at radius 1 is 1.12 bits per heavy atom. The van der Waals surface area contributed by atoms with Gasteiger partial charge >= 0.3 is 0 Å². The second-order valence-corrected chi connectivity index (χ2v) is 10.8. The Bertz CT molecular complexity index is 648. The molecule has 4 aliphatic rings. The lowest BCUT2D eigenvalue weighted by molar-refractivity contribution is -0.147. The van der Waals surface area contributed by atoms with Crippen molar-refractivity contribution in [2.45, 2.75) is 83.7 Å². The van der Waals surface area contributed by atoms with E-state index in [0.717, 1.165) is 62.1 Å². The monoisotopic (exact) mass is 420 g/mol. The van der Waals surface area contributed by atoms with Crippen molar-refractivity contribution in [2.24, 2.45) is 34.5 Å². The fourth-order valence-electron chi connectivity index (χ4n) is 7.52. The van der Waals surface area contributed by atoms with Gasteiger partial charge in [-0.25, -0.2) is 0 Å². The summed E-state index contributed by atoms with van der Waals surface area (Å²) in [5.41, 5.74) is -0.507. The highest BCUT2D eigenvalue weighted by Gasteiger charge is 2.64. The number of Topliss-reactive ketones (excluding diaryl/α,β-unsaturated/α-hetero) is 1. The van der Waals surface area contributed by atoms with Crippen molar-refractivity contribution >= 4 is 21.7 Å². The number of halogens is 1. The SMILES string of the molecule is C[C@]12CCC(=O)C[C@@H]1CC[C@@H]1[C@@H]2CC[C@@]2(C)[C@H]1CC[C@@]2(O)C#CCCBr. The summed E-state index contributed by atoms with van der Waals surface area (Å²) in [5.74, 6) is 9.67. The number of hydrogen-bond donors (Lipinski definition) is 1. The van der Waals surface area contributed by atoms with Crippen LogP contribution in [0.25, 0.3) is 0 Å². The predicted molar refractivity (Wildman–Crippen MR) is 108 cm³/mol. The Hall–Kier alpha value is -0.330. The lowest BCUT2D eigenvalue weighted by atomic mass is 9.44. The van der Waals surface area contributed by atoms with Gasteiger partial charge in [0.1, 0.15) is 11.4 Å². The minimum Gasteiger partial charge on any atom is -0.377 e. The smallest absolute Gasteiger partial charge is 0.133 e. The summed E-state index contributed by atoms with van der Waals surface area (Å²) in [6, 6.07) is 0. The number of carbonyl (C=O) groups excluding carboxylic acids is 1. The van der Waals surface area contributed by atoms with E-state index >= 15 is 0 Å². The molecule has 0 unspecified atom stereocenters. The van der Waals surface area contributed by atoms with Crippen LogP contribution in [0.15, 0.2) is 0 Å². The highest BCUT2D eigenvalue weighted by molar-refractivity contribution is 9.09. The van der Waals surface area contributed by atoms with Crippen molar-refractivity contribution < 1.29 is 9.90 Å². The molecule has 0 aliphatic heterocycles. The molecule has 7 atom stereocenters. The Labute approximate surface area is 167 Å². The lowest BCUT2D eigenvalue weighted by Gasteiger charge is -2.60. The third-order valence-corrected chi connectivity index (χ3v) is 9.54. The highest BCUT2D eigenvalue weighted by Crippen LogP contribution is 2.67. The molecular weight excluding hydrogens is 388 g/mol. The fourth-order valence-corrected chi connectivity index (χ4v) is 7.72. The summed E-state index contributed by atoms with van der Waals surface area (Å²) in [7, 11) is 0. The number of alkyl halides is 1. The van der Waals surface area contributed by atoms with Crippen LogP contribution in [0, 0.1) is 46.3 Å². The molecule has 144 valence electrons. The van der Waals surface area contributed by atoms with E-state index in [1.807, 2.05) is 0 Å². The van der Waals surface area contributed by atoms with Gasteiger partial charge in [-0.2, -0.15) is 0 Å². The van der Waals surface area contributed by atoms with Crippen molar-refractivity contribution in [3.63, 3.8) is 0 Å². The normalized spacial score (nSPS) is 50.2. The van der Waals surface area contributed by atoms with Gasteiger partial charge in [-0.15, -0.1) is 0 Å². The molecule has 4 saturated carbocycles. The van der Waals surface area contributed by atoms with E-state index in [2.05, 4.69) is 41.6 Å². The lowest BCUT2D eigenvalue weighted by Crippen LogP contribution is -2.56.